The lowest BCUT2D eigenvalue weighted by atomic mass is 10.0. The SMILES string of the molecule is CCn1c(CCC(=O)N2CCCc3cccc(OC)c32)nc2cc(S(=O)(=O)N(C)C)ccc21. The highest BCUT2D eigenvalue weighted by Gasteiger charge is 2.26. The largest absolute Gasteiger partial charge is 0.495 e. The van der Waals surface area contributed by atoms with Crippen LogP contribution in [-0.4, -0.2) is 55.9 Å². The molecule has 9 heteroatoms. The fraction of sp³-hybridized carbons (Fsp3) is 0.417. The Morgan fingerprint density at radius 1 is 1.21 bits per heavy atom. The van der Waals surface area contributed by atoms with Gasteiger partial charge in [0, 0.05) is 40.0 Å². The molecule has 4 rings (SSSR count). The first-order valence-corrected chi connectivity index (χ1v) is 12.6. The van der Waals surface area contributed by atoms with Crippen molar-refractivity contribution in [3.05, 3.63) is 47.8 Å². The lowest BCUT2D eigenvalue weighted by molar-refractivity contribution is -0.118. The first-order chi connectivity index (χ1) is 15.8. The molecule has 1 aromatic heterocycles. The molecule has 0 aliphatic carbocycles. The van der Waals surface area contributed by atoms with Crippen molar-refractivity contribution in [2.45, 2.75) is 44.0 Å². The van der Waals surface area contributed by atoms with Gasteiger partial charge in [0.2, 0.25) is 15.9 Å². The summed E-state index contributed by atoms with van der Waals surface area (Å²) in [5.74, 6) is 1.53. The lowest BCUT2D eigenvalue weighted by Gasteiger charge is -2.31. The maximum absolute atomic E-state index is 13.2. The van der Waals surface area contributed by atoms with Crippen LogP contribution >= 0.6 is 0 Å². The Hall–Kier alpha value is -2.91. The standard InChI is InChI=1S/C24H30N4O4S/c1-5-27-20-12-11-18(33(30,31)26(2)3)16-19(20)25-22(27)13-14-23(29)28-15-7-9-17-8-6-10-21(32-4)24(17)28/h6,8,10-12,16H,5,7,9,13-15H2,1-4H3. The van der Waals surface area contributed by atoms with E-state index in [1.54, 1.807) is 25.3 Å². The third-order valence-electron chi connectivity index (χ3n) is 6.16. The molecule has 1 amide bonds. The predicted octanol–water partition coefficient (Wildman–Crippen LogP) is 3.23. The monoisotopic (exact) mass is 470 g/mol. The lowest BCUT2D eigenvalue weighted by Crippen LogP contribution is -2.36. The van der Waals surface area contributed by atoms with Crippen LogP contribution in [0.25, 0.3) is 11.0 Å². The molecule has 176 valence electrons. The molecule has 0 saturated carbocycles. The number of nitrogens with zero attached hydrogens (tertiary/aromatic N) is 4. The number of para-hydroxylation sites is 1. The molecule has 1 aliphatic heterocycles. The van der Waals surface area contributed by atoms with E-state index in [0.29, 0.717) is 31.4 Å². The minimum Gasteiger partial charge on any atom is -0.495 e. The molecule has 1 aliphatic rings. The van der Waals surface area contributed by atoms with Gasteiger partial charge in [0.1, 0.15) is 11.6 Å². The number of hydrogen-bond acceptors (Lipinski definition) is 5. The fourth-order valence-electron chi connectivity index (χ4n) is 4.46. The van der Waals surface area contributed by atoms with Gasteiger partial charge in [0.15, 0.2) is 0 Å². The van der Waals surface area contributed by atoms with Gasteiger partial charge >= 0.3 is 0 Å². The molecular weight excluding hydrogens is 440 g/mol. The van der Waals surface area contributed by atoms with Crippen molar-refractivity contribution in [1.82, 2.24) is 13.9 Å². The number of amides is 1. The summed E-state index contributed by atoms with van der Waals surface area (Å²) in [6.07, 6.45) is 2.63. The zero-order valence-electron chi connectivity index (χ0n) is 19.5. The Bertz CT molecular complexity index is 1280. The zero-order chi connectivity index (χ0) is 23.8. The number of imidazole rings is 1. The highest BCUT2D eigenvalue weighted by atomic mass is 32.2. The van der Waals surface area contributed by atoms with Gasteiger partial charge in [0.05, 0.1) is 28.7 Å². The number of methoxy groups -OCH3 is 1. The van der Waals surface area contributed by atoms with Gasteiger partial charge in [0.25, 0.3) is 0 Å². The highest BCUT2D eigenvalue weighted by molar-refractivity contribution is 7.89. The highest BCUT2D eigenvalue weighted by Crippen LogP contribution is 2.36. The second-order valence-corrected chi connectivity index (χ2v) is 10.5. The molecule has 0 saturated heterocycles. The summed E-state index contributed by atoms with van der Waals surface area (Å²) >= 11 is 0. The van der Waals surface area contributed by atoms with E-state index in [9.17, 15) is 13.2 Å². The number of anilines is 1. The van der Waals surface area contributed by atoms with Crippen LogP contribution in [0.2, 0.25) is 0 Å². The van der Waals surface area contributed by atoms with Crippen LogP contribution < -0.4 is 9.64 Å². The van der Waals surface area contributed by atoms with Crippen LogP contribution in [0.5, 0.6) is 5.75 Å². The van der Waals surface area contributed by atoms with Gasteiger partial charge in [-0.05, 0) is 49.6 Å². The topological polar surface area (TPSA) is 84.7 Å². The second kappa shape index (κ2) is 9.15. The quantitative estimate of drug-likeness (QED) is 0.529. The van der Waals surface area contributed by atoms with Crippen LogP contribution in [0.3, 0.4) is 0 Å². The van der Waals surface area contributed by atoms with Crippen molar-refractivity contribution in [3.63, 3.8) is 0 Å². The summed E-state index contributed by atoms with van der Waals surface area (Å²) in [5, 5.41) is 0. The number of aryl methyl sites for hydroxylation is 3. The van der Waals surface area contributed by atoms with Crippen molar-refractivity contribution in [3.8, 4) is 5.75 Å². The molecule has 2 heterocycles. The molecule has 0 fully saturated rings. The number of carbonyl (C=O) groups excluding carboxylic acids is 1. The average Bonchev–Trinajstić information content (AvgIpc) is 3.18. The van der Waals surface area contributed by atoms with Crippen LogP contribution in [-0.2, 0) is 34.2 Å². The van der Waals surface area contributed by atoms with Gasteiger partial charge in [-0.2, -0.15) is 0 Å². The van der Waals surface area contributed by atoms with E-state index in [2.05, 4.69) is 0 Å². The van der Waals surface area contributed by atoms with Crippen molar-refractivity contribution < 1.29 is 17.9 Å². The van der Waals surface area contributed by atoms with E-state index in [1.165, 1.54) is 18.4 Å². The smallest absolute Gasteiger partial charge is 0.242 e. The Labute approximate surface area is 194 Å². The Morgan fingerprint density at radius 2 is 2.00 bits per heavy atom. The van der Waals surface area contributed by atoms with Crippen LogP contribution in [0.1, 0.15) is 31.2 Å². The summed E-state index contributed by atoms with van der Waals surface area (Å²) in [4.78, 5) is 20.0. The molecule has 0 spiro atoms. The van der Waals surface area contributed by atoms with Gasteiger partial charge < -0.3 is 14.2 Å². The Kier molecular flexibility index (Phi) is 6.45. The molecule has 0 radical (unpaired) electrons. The van der Waals surface area contributed by atoms with E-state index in [1.807, 2.05) is 34.6 Å². The molecule has 0 bridgehead atoms. The third-order valence-corrected chi connectivity index (χ3v) is 7.97. The number of carbonyl (C=O) groups is 1. The number of aromatic nitrogens is 2. The molecule has 3 aromatic rings. The van der Waals surface area contributed by atoms with Crippen LogP contribution in [0.4, 0.5) is 5.69 Å². The number of ether oxygens (including phenoxy) is 1. The summed E-state index contributed by atoms with van der Waals surface area (Å²) in [5.41, 5.74) is 3.48. The van der Waals surface area contributed by atoms with E-state index in [4.69, 9.17) is 9.72 Å². The minimum absolute atomic E-state index is 0.0334. The molecule has 2 aromatic carbocycles. The van der Waals surface area contributed by atoms with Gasteiger partial charge in [-0.3, -0.25) is 4.79 Å². The maximum atomic E-state index is 13.2. The van der Waals surface area contributed by atoms with Crippen molar-refractivity contribution in [2.24, 2.45) is 0 Å². The molecule has 0 unspecified atom stereocenters. The van der Waals surface area contributed by atoms with E-state index >= 15 is 0 Å². The summed E-state index contributed by atoms with van der Waals surface area (Å²) in [6.45, 7) is 3.37. The summed E-state index contributed by atoms with van der Waals surface area (Å²) in [6, 6.07) is 10.9. The Balaban J connectivity index is 1.60. The van der Waals surface area contributed by atoms with Gasteiger partial charge in [-0.15, -0.1) is 0 Å². The first-order valence-electron chi connectivity index (χ1n) is 11.2. The van der Waals surface area contributed by atoms with Crippen molar-refractivity contribution in [1.29, 1.82) is 0 Å². The molecule has 8 nitrogen and oxygen atoms in total. The number of hydrogen-bond donors (Lipinski definition) is 0. The van der Waals surface area contributed by atoms with Crippen LogP contribution in [0, 0.1) is 0 Å². The first kappa shape index (κ1) is 23.3. The minimum atomic E-state index is -3.54. The Morgan fingerprint density at radius 3 is 2.70 bits per heavy atom. The second-order valence-electron chi connectivity index (χ2n) is 8.33. The number of sulfonamides is 1. The molecular formula is C24H30N4O4S. The van der Waals surface area contributed by atoms with Crippen molar-refractivity contribution in [2.75, 3.05) is 32.6 Å². The normalized spacial score (nSPS) is 14.0. The van der Waals surface area contributed by atoms with Gasteiger partial charge in [-0.1, -0.05) is 12.1 Å². The summed E-state index contributed by atoms with van der Waals surface area (Å²) < 4.78 is 33.8. The number of rotatable bonds is 7. The van der Waals surface area contributed by atoms with E-state index in [0.717, 1.165) is 41.2 Å². The molecule has 0 atom stereocenters. The van der Waals surface area contributed by atoms with Gasteiger partial charge in [-0.25, -0.2) is 17.7 Å². The fourth-order valence-corrected chi connectivity index (χ4v) is 5.38. The number of benzene rings is 2. The summed E-state index contributed by atoms with van der Waals surface area (Å²) in [7, 11) is 1.10. The third kappa shape index (κ3) is 4.22. The van der Waals surface area contributed by atoms with E-state index in [-0.39, 0.29) is 10.8 Å². The van der Waals surface area contributed by atoms with E-state index < -0.39 is 10.0 Å². The average molecular weight is 471 g/mol. The van der Waals surface area contributed by atoms with Crippen LogP contribution in [0.15, 0.2) is 41.3 Å². The molecule has 33 heavy (non-hydrogen) atoms. The molecule has 0 N–H and O–H groups in total. The number of fused-ring (bicyclic) bond motifs is 2. The predicted molar refractivity (Wildman–Crippen MR) is 128 cm³/mol. The maximum Gasteiger partial charge on any atom is 0.242 e. The van der Waals surface area contributed by atoms with Crippen molar-refractivity contribution >= 4 is 32.7 Å². The zero-order valence-corrected chi connectivity index (χ0v) is 20.4.